The van der Waals surface area contributed by atoms with Crippen LogP contribution >= 0.6 is 0 Å². The van der Waals surface area contributed by atoms with E-state index >= 15 is 0 Å². The molecular weight excluding hydrogens is 312 g/mol. The summed E-state index contributed by atoms with van der Waals surface area (Å²) in [6, 6.07) is 0. The zero-order chi connectivity index (χ0) is 16.9. The lowest BCUT2D eigenvalue weighted by Gasteiger charge is -2.15. The molecule has 2 amide bonds. The Morgan fingerprint density at radius 3 is 2.55 bits per heavy atom. The van der Waals surface area contributed by atoms with E-state index in [0.29, 0.717) is 6.42 Å². The molecule has 0 spiro atoms. The molecule has 1 fully saturated rings. The van der Waals surface area contributed by atoms with Gasteiger partial charge in [0.1, 0.15) is 5.37 Å². The smallest absolute Gasteiger partial charge is 0.330 e. The number of hydroxylamine groups is 2. The fourth-order valence-corrected chi connectivity index (χ4v) is 3.31. The van der Waals surface area contributed by atoms with E-state index in [1.165, 1.54) is 6.92 Å². The molecule has 9 heteroatoms. The van der Waals surface area contributed by atoms with Gasteiger partial charge >= 0.3 is 5.97 Å². The Balaban J connectivity index is 2.64. The number of amides is 2. The van der Waals surface area contributed by atoms with Crippen LogP contribution in [0.15, 0.2) is 0 Å². The van der Waals surface area contributed by atoms with Crippen molar-refractivity contribution in [3.8, 4) is 0 Å². The molecular formula is C13H22N2O6S. The van der Waals surface area contributed by atoms with E-state index in [4.69, 9.17) is 10.6 Å². The van der Waals surface area contributed by atoms with Crippen LogP contribution in [0.3, 0.4) is 0 Å². The van der Waals surface area contributed by atoms with Gasteiger partial charge in [0.05, 0.1) is 6.42 Å². The average Bonchev–Trinajstić information content (AvgIpc) is 2.72. The highest BCUT2D eigenvalue weighted by atomic mass is 32.2. The lowest BCUT2D eigenvalue weighted by Crippen LogP contribution is -2.41. The third kappa shape index (κ3) is 4.26. The Morgan fingerprint density at radius 1 is 1.36 bits per heavy atom. The first kappa shape index (κ1) is 18.6. The van der Waals surface area contributed by atoms with Crippen molar-refractivity contribution in [3.05, 3.63) is 0 Å². The van der Waals surface area contributed by atoms with Gasteiger partial charge in [-0.25, -0.2) is 13.2 Å². The summed E-state index contributed by atoms with van der Waals surface area (Å²) in [6.45, 7) is 3.24. The van der Waals surface area contributed by atoms with Crippen LogP contribution in [-0.4, -0.2) is 41.9 Å². The molecule has 1 rings (SSSR count). The van der Waals surface area contributed by atoms with Crippen molar-refractivity contribution in [2.24, 2.45) is 5.73 Å². The minimum Gasteiger partial charge on any atom is -0.330 e. The van der Waals surface area contributed by atoms with Gasteiger partial charge in [-0.05, 0) is 13.3 Å². The van der Waals surface area contributed by atoms with Crippen molar-refractivity contribution >= 4 is 27.6 Å². The summed E-state index contributed by atoms with van der Waals surface area (Å²) >= 11 is 0. The number of nitrogens with zero attached hydrogens (tertiary/aromatic N) is 1. The van der Waals surface area contributed by atoms with Gasteiger partial charge in [0.15, 0.2) is 15.1 Å². The number of sulfone groups is 1. The highest BCUT2D eigenvalue weighted by Gasteiger charge is 2.49. The maximum absolute atomic E-state index is 12.0. The number of hydrogen-bond donors (Lipinski definition) is 1. The first-order valence-corrected chi connectivity index (χ1v) is 8.88. The normalized spacial score (nSPS) is 20.3. The number of unbranched alkanes of at least 4 members (excludes halogenated alkanes) is 3. The average molecular weight is 334 g/mol. The second-order valence-electron chi connectivity index (χ2n) is 5.29. The van der Waals surface area contributed by atoms with E-state index in [0.717, 1.165) is 19.3 Å². The van der Waals surface area contributed by atoms with Crippen LogP contribution in [0, 0.1) is 0 Å². The van der Waals surface area contributed by atoms with Crippen molar-refractivity contribution in [2.75, 3.05) is 0 Å². The van der Waals surface area contributed by atoms with Crippen LogP contribution in [0.1, 0.15) is 52.4 Å². The van der Waals surface area contributed by atoms with Crippen LogP contribution in [-0.2, 0) is 29.1 Å². The molecule has 1 aliphatic heterocycles. The van der Waals surface area contributed by atoms with E-state index in [1.54, 1.807) is 0 Å². The Morgan fingerprint density at radius 2 is 2.00 bits per heavy atom. The minimum absolute atomic E-state index is 0.0712. The molecule has 0 bridgehead atoms. The number of carbonyl (C=O) groups excluding carboxylic acids is 3. The number of imide groups is 1. The van der Waals surface area contributed by atoms with Crippen molar-refractivity contribution in [1.82, 2.24) is 5.06 Å². The molecule has 0 radical (unpaired) electrons. The second-order valence-corrected chi connectivity index (χ2v) is 7.78. The van der Waals surface area contributed by atoms with Gasteiger partial charge in [-0.1, -0.05) is 26.2 Å². The summed E-state index contributed by atoms with van der Waals surface area (Å²) in [5.74, 6) is -2.62. The molecule has 0 aromatic carbocycles. The largest absolute Gasteiger partial charge is 0.333 e. The zero-order valence-electron chi connectivity index (χ0n) is 12.8. The summed E-state index contributed by atoms with van der Waals surface area (Å²) in [4.78, 5) is 40.0. The van der Waals surface area contributed by atoms with Crippen LogP contribution < -0.4 is 5.73 Å². The fraction of sp³-hybridized carbons (Fsp3) is 0.769. The predicted octanol–water partition coefficient (Wildman–Crippen LogP) is 0.262. The Hall–Kier alpha value is -1.48. The summed E-state index contributed by atoms with van der Waals surface area (Å²) in [6.07, 6.45) is 2.94. The maximum Gasteiger partial charge on any atom is 0.333 e. The molecule has 2 atom stereocenters. The third-order valence-corrected chi connectivity index (χ3v) is 5.60. The summed E-state index contributed by atoms with van der Waals surface area (Å²) in [7, 11) is -3.98. The summed E-state index contributed by atoms with van der Waals surface area (Å²) in [5.41, 5.74) is 5.32. The molecule has 1 aliphatic rings. The molecule has 0 aliphatic carbocycles. The monoisotopic (exact) mass is 334 g/mol. The standard InChI is InChI=1S/C13H22N2O6S/c1-3-4-5-6-7-12(17)21-15-11(16)8-10(13(15)18)22(19,20)9(2)14/h9-10H,3-8,14H2,1-2H3/t9-,10?/m1/s1. The fourth-order valence-electron chi connectivity index (χ4n) is 2.04. The van der Waals surface area contributed by atoms with Crippen molar-refractivity contribution < 1.29 is 27.6 Å². The van der Waals surface area contributed by atoms with Gasteiger partial charge in [-0.3, -0.25) is 9.59 Å². The molecule has 22 heavy (non-hydrogen) atoms. The van der Waals surface area contributed by atoms with Gasteiger partial charge in [0, 0.05) is 6.42 Å². The van der Waals surface area contributed by atoms with E-state index in [1.807, 2.05) is 6.92 Å². The molecule has 1 saturated heterocycles. The first-order valence-electron chi connectivity index (χ1n) is 7.27. The predicted molar refractivity (Wildman–Crippen MR) is 77.7 cm³/mol. The van der Waals surface area contributed by atoms with Crippen LogP contribution in [0.5, 0.6) is 0 Å². The van der Waals surface area contributed by atoms with Crippen LogP contribution in [0.4, 0.5) is 0 Å². The van der Waals surface area contributed by atoms with E-state index in [2.05, 4.69) is 0 Å². The lowest BCUT2D eigenvalue weighted by atomic mass is 10.2. The van der Waals surface area contributed by atoms with Crippen molar-refractivity contribution in [1.29, 1.82) is 0 Å². The first-order chi connectivity index (χ1) is 10.2. The van der Waals surface area contributed by atoms with Crippen LogP contribution in [0.2, 0.25) is 0 Å². The SMILES string of the molecule is CCCCCCC(=O)ON1C(=O)CC(S(=O)(=O)[C@H](C)N)C1=O. The van der Waals surface area contributed by atoms with E-state index < -0.39 is 44.7 Å². The van der Waals surface area contributed by atoms with E-state index in [-0.39, 0.29) is 11.5 Å². The zero-order valence-corrected chi connectivity index (χ0v) is 13.6. The summed E-state index contributed by atoms with van der Waals surface area (Å²) in [5, 5.41) is -2.60. The molecule has 0 aromatic rings. The van der Waals surface area contributed by atoms with E-state index in [9.17, 15) is 22.8 Å². The number of hydrogen-bond acceptors (Lipinski definition) is 7. The molecule has 0 aromatic heterocycles. The quantitative estimate of drug-likeness (QED) is 0.499. The van der Waals surface area contributed by atoms with Gasteiger partial charge < -0.3 is 10.6 Å². The highest BCUT2D eigenvalue weighted by molar-refractivity contribution is 7.93. The Bertz CT molecular complexity index is 543. The van der Waals surface area contributed by atoms with Gasteiger partial charge in [-0.15, -0.1) is 5.06 Å². The van der Waals surface area contributed by atoms with Gasteiger partial charge in [0.25, 0.3) is 11.8 Å². The molecule has 1 unspecified atom stereocenters. The second kappa shape index (κ2) is 7.68. The third-order valence-electron chi connectivity index (χ3n) is 3.40. The molecule has 8 nitrogen and oxygen atoms in total. The molecule has 126 valence electrons. The number of rotatable bonds is 8. The Kier molecular flexibility index (Phi) is 6.48. The van der Waals surface area contributed by atoms with Crippen molar-refractivity contribution in [2.45, 2.75) is 63.0 Å². The number of carbonyl (C=O) groups is 3. The molecule has 2 N–H and O–H groups in total. The highest BCUT2D eigenvalue weighted by Crippen LogP contribution is 2.22. The van der Waals surface area contributed by atoms with Crippen LogP contribution in [0.25, 0.3) is 0 Å². The lowest BCUT2D eigenvalue weighted by molar-refractivity contribution is -0.197. The molecule has 0 saturated carbocycles. The van der Waals surface area contributed by atoms with Gasteiger partial charge in [0.2, 0.25) is 0 Å². The Labute approximate surface area is 129 Å². The summed E-state index contributed by atoms with van der Waals surface area (Å²) < 4.78 is 23.8. The topological polar surface area (TPSA) is 124 Å². The maximum atomic E-state index is 12.0. The number of nitrogens with two attached hydrogens (primary N) is 1. The van der Waals surface area contributed by atoms with Gasteiger partial charge in [-0.2, -0.15) is 0 Å². The minimum atomic E-state index is -3.98. The van der Waals surface area contributed by atoms with Crippen molar-refractivity contribution in [3.63, 3.8) is 0 Å². The molecule has 1 heterocycles.